The molecular weight excluding hydrogens is 314 g/mol. The predicted octanol–water partition coefficient (Wildman–Crippen LogP) is 2.20. The van der Waals surface area contributed by atoms with Gasteiger partial charge in [-0.1, -0.05) is 0 Å². The fourth-order valence-corrected chi connectivity index (χ4v) is 3.05. The molecule has 4 heterocycles. The molecule has 0 atom stereocenters. The number of rotatable bonds is 3. The van der Waals surface area contributed by atoms with Crippen molar-refractivity contribution in [3.63, 3.8) is 0 Å². The highest BCUT2D eigenvalue weighted by atomic mass is 32.1. The zero-order valence-electron chi connectivity index (χ0n) is 12.6. The molecule has 8 heteroatoms. The van der Waals surface area contributed by atoms with Gasteiger partial charge in [0.2, 0.25) is 5.89 Å². The minimum atomic E-state index is -0.136. The summed E-state index contributed by atoms with van der Waals surface area (Å²) in [4.78, 5) is 21.3. The molecule has 4 rings (SSSR count). The SMILES string of the molecule is Cc1oc(-c2ccsc2)nc1Cn1cnc2c(cnn2C)c1=O. The van der Waals surface area contributed by atoms with Crippen molar-refractivity contribution in [3.8, 4) is 11.5 Å². The van der Waals surface area contributed by atoms with Crippen LogP contribution in [-0.4, -0.2) is 24.3 Å². The first kappa shape index (κ1) is 13.9. The second-order valence-corrected chi connectivity index (χ2v) is 6.00. The minimum Gasteiger partial charge on any atom is -0.441 e. The predicted molar refractivity (Wildman–Crippen MR) is 86.4 cm³/mol. The maximum Gasteiger partial charge on any atom is 0.264 e. The number of oxazole rings is 1. The second-order valence-electron chi connectivity index (χ2n) is 5.22. The van der Waals surface area contributed by atoms with Crippen molar-refractivity contribution in [3.05, 3.63) is 51.2 Å². The van der Waals surface area contributed by atoms with Crippen LogP contribution in [0.3, 0.4) is 0 Å². The van der Waals surface area contributed by atoms with Crippen molar-refractivity contribution in [1.82, 2.24) is 24.3 Å². The van der Waals surface area contributed by atoms with Crippen molar-refractivity contribution < 1.29 is 4.42 Å². The van der Waals surface area contributed by atoms with Gasteiger partial charge in [-0.15, -0.1) is 0 Å². The van der Waals surface area contributed by atoms with Crippen molar-refractivity contribution in [1.29, 1.82) is 0 Å². The van der Waals surface area contributed by atoms with Crippen LogP contribution in [0.1, 0.15) is 11.5 Å². The molecular formula is C15H13N5O2S. The molecule has 4 aromatic heterocycles. The number of fused-ring (bicyclic) bond motifs is 1. The molecule has 0 saturated carbocycles. The van der Waals surface area contributed by atoms with E-state index >= 15 is 0 Å². The Kier molecular flexibility index (Phi) is 3.12. The van der Waals surface area contributed by atoms with Crippen molar-refractivity contribution in [2.45, 2.75) is 13.5 Å². The second kappa shape index (κ2) is 5.17. The minimum absolute atomic E-state index is 0.136. The molecule has 0 aromatic carbocycles. The standard InChI is InChI=1S/C15H13N5O2S/c1-9-12(18-14(22-9)10-3-4-23-7-10)6-20-8-16-13-11(15(20)21)5-17-19(13)2/h3-5,7-8H,6H2,1-2H3. The van der Waals surface area contributed by atoms with Gasteiger partial charge >= 0.3 is 0 Å². The van der Waals surface area contributed by atoms with E-state index in [1.807, 2.05) is 23.8 Å². The average molecular weight is 327 g/mol. The molecule has 7 nitrogen and oxygen atoms in total. The largest absolute Gasteiger partial charge is 0.441 e. The molecule has 23 heavy (non-hydrogen) atoms. The number of aromatic nitrogens is 5. The monoisotopic (exact) mass is 327 g/mol. The summed E-state index contributed by atoms with van der Waals surface area (Å²) in [7, 11) is 1.76. The van der Waals surface area contributed by atoms with E-state index in [0.717, 1.165) is 11.3 Å². The van der Waals surface area contributed by atoms with Crippen LogP contribution in [0.2, 0.25) is 0 Å². The Labute approximate surface area is 134 Å². The summed E-state index contributed by atoms with van der Waals surface area (Å²) >= 11 is 1.59. The molecule has 0 bridgehead atoms. The third-order valence-corrected chi connectivity index (χ3v) is 4.38. The number of hydrogen-bond donors (Lipinski definition) is 0. The van der Waals surface area contributed by atoms with E-state index < -0.39 is 0 Å². The summed E-state index contributed by atoms with van der Waals surface area (Å²) in [5, 5.41) is 8.51. The average Bonchev–Trinajstić information content (AvgIpc) is 3.24. The molecule has 0 spiro atoms. The Morgan fingerprint density at radius 2 is 2.26 bits per heavy atom. The number of nitrogens with zero attached hydrogens (tertiary/aromatic N) is 5. The van der Waals surface area contributed by atoms with Crippen LogP contribution in [-0.2, 0) is 13.6 Å². The van der Waals surface area contributed by atoms with Gasteiger partial charge in [-0.25, -0.2) is 9.97 Å². The van der Waals surface area contributed by atoms with Gasteiger partial charge in [-0.05, 0) is 18.4 Å². The van der Waals surface area contributed by atoms with Crippen LogP contribution < -0.4 is 5.56 Å². The van der Waals surface area contributed by atoms with Crippen LogP contribution in [0.4, 0.5) is 0 Å². The topological polar surface area (TPSA) is 78.7 Å². The van der Waals surface area contributed by atoms with E-state index in [1.165, 1.54) is 17.1 Å². The highest BCUT2D eigenvalue weighted by Gasteiger charge is 2.14. The summed E-state index contributed by atoms with van der Waals surface area (Å²) < 4.78 is 8.81. The Morgan fingerprint density at radius 3 is 3.04 bits per heavy atom. The van der Waals surface area contributed by atoms with Gasteiger partial charge in [0, 0.05) is 18.0 Å². The third-order valence-electron chi connectivity index (χ3n) is 3.70. The van der Waals surface area contributed by atoms with Crippen molar-refractivity contribution >= 4 is 22.4 Å². The molecule has 0 saturated heterocycles. The zero-order chi connectivity index (χ0) is 16.0. The number of hydrogen-bond acceptors (Lipinski definition) is 6. The third kappa shape index (κ3) is 2.27. The lowest BCUT2D eigenvalue weighted by molar-refractivity contribution is 0.537. The maximum atomic E-state index is 12.5. The van der Waals surface area contributed by atoms with Gasteiger partial charge in [0.25, 0.3) is 5.56 Å². The molecule has 0 radical (unpaired) electrons. The summed E-state index contributed by atoms with van der Waals surface area (Å²) in [5.74, 6) is 1.27. The highest BCUT2D eigenvalue weighted by Crippen LogP contribution is 2.24. The lowest BCUT2D eigenvalue weighted by atomic mass is 10.3. The van der Waals surface area contributed by atoms with Crippen LogP contribution in [0, 0.1) is 6.92 Å². The summed E-state index contributed by atoms with van der Waals surface area (Å²) in [6, 6.07) is 1.95. The molecule has 0 unspecified atom stereocenters. The molecule has 0 N–H and O–H groups in total. The normalized spacial score (nSPS) is 11.4. The van der Waals surface area contributed by atoms with Gasteiger partial charge in [-0.3, -0.25) is 14.0 Å². The molecule has 116 valence electrons. The summed E-state index contributed by atoms with van der Waals surface area (Å²) in [6.07, 6.45) is 3.05. The van der Waals surface area contributed by atoms with Crippen LogP contribution in [0.15, 0.2) is 38.6 Å². The van der Waals surface area contributed by atoms with Gasteiger partial charge in [0.15, 0.2) is 5.65 Å². The highest BCUT2D eigenvalue weighted by molar-refractivity contribution is 7.08. The van der Waals surface area contributed by atoms with E-state index in [-0.39, 0.29) is 5.56 Å². The number of aryl methyl sites for hydroxylation is 2. The first-order chi connectivity index (χ1) is 11.1. The lowest BCUT2D eigenvalue weighted by Gasteiger charge is -2.03. The van der Waals surface area contributed by atoms with Gasteiger partial charge < -0.3 is 4.42 Å². The Hall–Kier alpha value is -2.74. The van der Waals surface area contributed by atoms with Crippen LogP contribution >= 0.6 is 11.3 Å². The van der Waals surface area contributed by atoms with Crippen molar-refractivity contribution in [2.75, 3.05) is 0 Å². The van der Waals surface area contributed by atoms with Crippen molar-refractivity contribution in [2.24, 2.45) is 7.05 Å². The maximum absolute atomic E-state index is 12.5. The smallest absolute Gasteiger partial charge is 0.264 e. The van der Waals surface area contributed by atoms with E-state index in [4.69, 9.17) is 4.42 Å². The fourth-order valence-electron chi connectivity index (χ4n) is 2.42. The summed E-state index contributed by atoms with van der Waals surface area (Å²) in [5.41, 5.74) is 2.10. The molecule has 0 aliphatic heterocycles. The van der Waals surface area contributed by atoms with Gasteiger partial charge in [0.05, 0.1) is 12.7 Å². The molecule has 0 amide bonds. The zero-order valence-corrected chi connectivity index (χ0v) is 13.4. The fraction of sp³-hybridized carbons (Fsp3) is 0.200. The van der Waals surface area contributed by atoms with E-state index in [1.54, 1.807) is 23.1 Å². The first-order valence-electron chi connectivity index (χ1n) is 6.99. The Balaban J connectivity index is 1.74. The van der Waals surface area contributed by atoms with E-state index in [9.17, 15) is 4.79 Å². The van der Waals surface area contributed by atoms with Gasteiger partial charge in [-0.2, -0.15) is 16.4 Å². The van der Waals surface area contributed by atoms with Crippen LogP contribution in [0.25, 0.3) is 22.5 Å². The van der Waals surface area contributed by atoms with Crippen LogP contribution in [0.5, 0.6) is 0 Å². The number of thiophene rings is 1. The molecule has 0 fully saturated rings. The molecule has 0 aliphatic carbocycles. The Bertz CT molecular complexity index is 1040. The van der Waals surface area contributed by atoms with E-state index in [2.05, 4.69) is 15.1 Å². The quantitative estimate of drug-likeness (QED) is 0.576. The van der Waals surface area contributed by atoms with Gasteiger partial charge in [0.1, 0.15) is 23.2 Å². The van der Waals surface area contributed by atoms with E-state index in [0.29, 0.717) is 29.2 Å². The molecule has 4 aromatic rings. The Morgan fingerprint density at radius 1 is 1.39 bits per heavy atom. The molecule has 0 aliphatic rings. The summed E-state index contributed by atoms with van der Waals surface area (Å²) in [6.45, 7) is 2.16. The lowest BCUT2D eigenvalue weighted by Crippen LogP contribution is -2.21. The first-order valence-corrected chi connectivity index (χ1v) is 7.94.